The summed E-state index contributed by atoms with van der Waals surface area (Å²) in [4.78, 5) is 0. The molecule has 1 aliphatic carbocycles. The van der Waals surface area contributed by atoms with E-state index >= 15 is 0 Å². The van der Waals surface area contributed by atoms with Gasteiger partial charge >= 0.3 is 0 Å². The summed E-state index contributed by atoms with van der Waals surface area (Å²) in [6.45, 7) is 3.21. The molecule has 1 atom stereocenters. The highest BCUT2D eigenvalue weighted by molar-refractivity contribution is 4.74. The SMILES string of the molecule is CCCC(N)CNC1CCCCC1. The first-order valence-corrected chi connectivity index (χ1v) is 5.82. The molecular formula is C11H24N2. The molecule has 0 aromatic carbocycles. The first-order valence-electron chi connectivity index (χ1n) is 5.82. The molecule has 1 rings (SSSR count). The topological polar surface area (TPSA) is 38.0 Å². The van der Waals surface area contributed by atoms with E-state index in [1.54, 1.807) is 0 Å². The van der Waals surface area contributed by atoms with Gasteiger partial charge in [-0.1, -0.05) is 32.6 Å². The van der Waals surface area contributed by atoms with Crippen molar-refractivity contribution in [3.05, 3.63) is 0 Å². The van der Waals surface area contributed by atoms with Crippen molar-refractivity contribution in [1.82, 2.24) is 5.32 Å². The van der Waals surface area contributed by atoms with Gasteiger partial charge in [0.25, 0.3) is 0 Å². The van der Waals surface area contributed by atoms with Gasteiger partial charge in [-0.3, -0.25) is 0 Å². The molecule has 0 spiro atoms. The first kappa shape index (κ1) is 11.0. The monoisotopic (exact) mass is 184 g/mol. The summed E-state index contributed by atoms with van der Waals surface area (Å²) in [5.74, 6) is 0. The molecule has 0 saturated heterocycles. The van der Waals surface area contributed by atoms with Gasteiger partial charge in [0.15, 0.2) is 0 Å². The Morgan fingerprint density at radius 3 is 2.62 bits per heavy atom. The molecular weight excluding hydrogens is 160 g/mol. The van der Waals surface area contributed by atoms with E-state index in [1.807, 2.05) is 0 Å². The third kappa shape index (κ3) is 4.63. The average molecular weight is 184 g/mol. The van der Waals surface area contributed by atoms with Crippen LogP contribution in [-0.4, -0.2) is 18.6 Å². The molecule has 0 aliphatic heterocycles. The minimum atomic E-state index is 0.368. The molecule has 0 radical (unpaired) electrons. The van der Waals surface area contributed by atoms with E-state index in [0.29, 0.717) is 6.04 Å². The van der Waals surface area contributed by atoms with Crippen LogP contribution < -0.4 is 11.1 Å². The van der Waals surface area contributed by atoms with E-state index < -0.39 is 0 Å². The van der Waals surface area contributed by atoms with E-state index in [4.69, 9.17) is 5.73 Å². The number of rotatable bonds is 5. The maximum absolute atomic E-state index is 5.94. The Balaban J connectivity index is 2.03. The predicted octanol–water partition coefficient (Wildman–Crippen LogP) is 2.04. The molecule has 0 amide bonds. The van der Waals surface area contributed by atoms with E-state index in [-0.39, 0.29) is 0 Å². The van der Waals surface area contributed by atoms with Gasteiger partial charge in [0, 0.05) is 18.6 Å². The maximum atomic E-state index is 5.94. The van der Waals surface area contributed by atoms with Crippen LogP contribution in [0.3, 0.4) is 0 Å². The lowest BCUT2D eigenvalue weighted by molar-refractivity contribution is 0.361. The quantitative estimate of drug-likeness (QED) is 0.686. The van der Waals surface area contributed by atoms with Gasteiger partial charge in [-0.2, -0.15) is 0 Å². The zero-order valence-corrected chi connectivity index (χ0v) is 8.89. The van der Waals surface area contributed by atoms with Crippen molar-refractivity contribution in [2.45, 2.75) is 64.0 Å². The van der Waals surface area contributed by atoms with E-state index in [9.17, 15) is 0 Å². The smallest absolute Gasteiger partial charge is 0.0165 e. The van der Waals surface area contributed by atoms with Crippen molar-refractivity contribution >= 4 is 0 Å². The second kappa shape index (κ2) is 6.39. The Morgan fingerprint density at radius 1 is 1.31 bits per heavy atom. The van der Waals surface area contributed by atoms with Crippen LogP contribution in [0.25, 0.3) is 0 Å². The molecule has 1 aliphatic rings. The summed E-state index contributed by atoms with van der Waals surface area (Å²) >= 11 is 0. The maximum Gasteiger partial charge on any atom is 0.0165 e. The summed E-state index contributed by atoms with van der Waals surface area (Å²) in [5.41, 5.74) is 5.94. The van der Waals surface area contributed by atoms with Gasteiger partial charge < -0.3 is 11.1 Å². The number of hydrogen-bond acceptors (Lipinski definition) is 2. The Kier molecular flexibility index (Phi) is 5.40. The standard InChI is InChI=1S/C11H24N2/c1-2-6-10(12)9-13-11-7-4-3-5-8-11/h10-11,13H,2-9,12H2,1H3. The number of nitrogens with two attached hydrogens (primary N) is 1. The van der Waals surface area contributed by atoms with Crippen LogP contribution in [0.5, 0.6) is 0 Å². The summed E-state index contributed by atoms with van der Waals surface area (Å²) < 4.78 is 0. The normalized spacial score (nSPS) is 21.7. The zero-order chi connectivity index (χ0) is 9.52. The molecule has 0 bridgehead atoms. The minimum Gasteiger partial charge on any atom is -0.327 e. The molecule has 78 valence electrons. The lowest BCUT2D eigenvalue weighted by Gasteiger charge is -2.24. The second-order valence-corrected chi connectivity index (χ2v) is 4.29. The van der Waals surface area contributed by atoms with Crippen molar-refractivity contribution in [3.8, 4) is 0 Å². The Morgan fingerprint density at radius 2 is 2.00 bits per heavy atom. The van der Waals surface area contributed by atoms with Crippen LogP contribution in [0.4, 0.5) is 0 Å². The van der Waals surface area contributed by atoms with Crippen LogP contribution in [0.2, 0.25) is 0 Å². The summed E-state index contributed by atoms with van der Waals surface area (Å²) in [5, 5.41) is 3.58. The minimum absolute atomic E-state index is 0.368. The van der Waals surface area contributed by atoms with E-state index in [1.165, 1.54) is 38.5 Å². The summed E-state index contributed by atoms with van der Waals surface area (Å²) in [7, 11) is 0. The van der Waals surface area contributed by atoms with Crippen molar-refractivity contribution in [2.24, 2.45) is 5.73 Å². The zero-order valence-electron chi connectivity index (χ0n) is 8.89. The fourth-order valence-electron chi connectivity index (χ4n) is 2.10. The lowest BCUT2D eigenvalue weighted by atomic mass is 9.95. The van der Waals surface area contributed by atoms with Crippen LogP contribution >= 0.6 is 0 Å². The van der Waals surface area contributed by atoms with Crippen LogP contribution in [0.1, 0.15) is 51.9 Å². The largest absolute Gasteiger partial charge is 0.327 e. The van der Waals surface area contributed by atoms with Crippen molar-refractivity contribution in [2.75, 3.05) is 6.54 Å². The van der Waals surface area contributed by atoms with Crippen LogP contribution in [0.15, 0.2) is 0 Å². The highest BCUT2D eigenvalue weighted by Gasteiger charge is 2.13. The molecule has 0 heterocycles. The van der Waals surface area contributed by atoms with Crippen LogP contribution in [-0.2, 0) is 0 Å². The first-order chi connectivity index (χ1) is 6.33. The number of hydrogen-bond donors (Lipinski definition) is 2. The molecule has 2 nitrogen and oxygen atoms in total. The van der Waals surface area contributed by atoms with Gasteiger partial charge in [0.2, 0.25) is 0 Å². The second-order valence-electron chi connectivity index (χ2n) is 4.29. The van der Waals surface area contributed by atoms with E-state index in [0.717, 1.165) is 19.0 Å². The van der Waals surface area contributed by atoms with Crippen LogP contribution in [0, 0.1) is 0 Å². The molecule has 13 heavy (non-hydrogen) atoms. The molecule has 0 aromatic rings. The van der Waals surface area contributed by atoms with Gasteiger partial charge in [0.05, 0.1) is 0 Å². The fourth-order valence-corrected chi connectivity index (χ4v) is 2.10. The Labute approximate surface area is 82.3 Å². The Bertz CT molecular complexity index is 119. The highest BCUT2D eigenvalue weighted by Crippen LogP contribution is 2.17. The summed E-state index contributed by atoms with van der Waals surface area (Å²) in [6, 6.07) is 1.13. The Hall–Kier alpha value is -0.0800. The molecule has 0 aromatic heterocycles. The third-order valence-electron chi connectivity index (χ3n) is 2.93. The summed E-state index contributed by atoms with van der Waals surface area (Å²) in [6.07, 6.45) is 9.31. The van der Waals surface area contributed by atoms with Crippen molar-refractivity contribution < 1.29 is 0 Å². The van der Waals surface area contributed by atoms with Gasteiger partial charge in [-0.25, -0.2) is 0 Å². The number of nitrogens with one attached hydrogen (secondary N) is 1. The van der Waals surface area contributed by atoms with Crippen molar-refractivity contribution in [1.29, 1.82) is 0 Å². The van der Waals surface area contributed by atoms with E-state index in [2.05, 4.69) is 12.2 Å². The molecule has 1 unspecified atom stereocenters. The van der Waals surface area contributed by atoms with Gasteiger partial charge in [-0.05, 0) is 19.3 Å². The third-order valence-corrected chi connectivity index (χ3v) is 2.93. The molecule has 3 N–H and O–H groups in total. The van der Waals surface area contributed by atoms with Crippen molar-refractivity contribution in [3.63, 3.8) is 0 Å². The molecule has 2 heteroatoms. The predicted molar refractivity (Wildman–Crippen MR) is 57.8 cm³/mol. The molecule has 1 saturated carbocycles. The fraction of sp³-hybridized carbons (Fsp3) is 1.00. The van der Waals surface area contributed by atoms with Gasteiger partial charge in [-0.15, -0.1) is 0 Å². The highest BCUT2D eigenvalue weighted by atomic mass is 14.9. The molecule has 1 fully saturated rings. The lowest BCUT2D eigenvalue weighted by Crippen LogP contribution is -2.40. The average Bonchev–Trinajstić information content (AvgIpc) is 2.17. The van der Waals surface area contributed by atoms with Gasteiger partial charge in [0.1, 0.15) is 0 Å².